The van der Waals surface area contributed by atoms with E-state index >= 15 is 0 Å². The highest BCUT2D eigenvalue weighted by Gasteiger charge is 2.39. The molecule has 0 radical (unpaired) electrons. The first kappa shape index (κ1) is 27.7. The average molecular weight is 535 g/mol. The van der Waals surface area contributed by atoms with Gasteiger partial charge in [0.05, 0.1) is 16.7 Å². The third kappa shape index (κ3) is 6.38. The number of piperidine rings is 1. The molecule has 0 bridgehead atoms. The van der Waals surface area contributed by atoms with Crippen LogP contribution in [-0.4, -0.2) is 37.0 Å². The highest BCUT2D eigenvalue weighted by Crippen LogP contribution is 2.37. The molecule has 0 aromatic heterocycles. The van der Waals surface area contributed by atoms with Crippen molar-refractivity contribution >= 4 is 5.91 Å². The van der Waals surface area contributed by atoms with Crippen LogP contribution in [0.2, 0.25) is 0 Å². The SMILES string of the molecule is O=C(NCC1(c2ccccc2)CCN(CCc2ccccc2C(F)(F)F)CC1)c1ccccc1C(F)(F)F. The fourth-order valence-corrected chi connectivity index (χ4v) is 5.13. The van der Waals surface area contributed by atoms with Gasteiger partial charge in [-0.2, -0.15) is 26.3 Å². The fourth-order valence-electron chi connectivity index (χ4n) is 5.13. The van der Waals surface area contributed by atoms with Crippen molar-refractivity contribution in [3.8, 4) is 0 Å². The lowest BCUT2D eigenvalue weighted by Gasteiger charge is -2.42. The second-order valence-electron chi connectivity index (χ2n) is 9.62. The van der Waals surface area contributed by atoms with E-state index in [1.165, 1.54) is 24.3 Å². The Morgan fingerprint density at radius 1 is 0.763 bits per heavy atom. The molecule has 1 N–H and O–H groups in total. The molecule has 0 spiro atoms. The number of halogens is 6. The molecule has 0 saturated carbocycles. The molecule has 3 aromatic carbocycles. The molecule has 9 heteroatoms. The van der Waals surface area contributed by atoms with Gasteiger partial charge in [0, 0.05) is 18.5 Å². The first-order valence-electron chi connectivity index (χ1n) is 12.4. The van der Waals surface area contributed by atoms with Gasteiger partial charge in [-0.3, -0.25) is 4.79 Å². The molecule has 1 heterocycles. The maximum absolute atomic E-state index is 13.4. The third-order valence-electron chi connectivity index (χ3n) is 7.28. The molecule has 38 heavy (non-hydrogen) atoms. The topological polar surface area (TPSA) is 32.3 Å². The number of benzene rings is 3. The lowest BCUT2D eigenvalue weighted by atomic mass is 9.72. The minimum atomic E-state index is -4.65. The second-order valence-corrected chi connectivity index (χ2v) is 9.62. The zero-order valence-electron chi connectivity index (χ0n) is 20.6. The fraction of sp³-hybridized carbons (Fsp3) is 0.345. The molecule has 3 nitrogen and oxygen atoms in total. The van der Waals surface area contributed by atoms with Crippen LogP contribution in [0.3, 0.4) is 0 Å². The maximum atomic E-state index is 13.4. The van der Waals surface area contributed by atoms with Crippen molar-refractivity contribution in [3.05, 3.63) is 107 Å². The van der Waals surface area contributed by atoms with Gasteiger partial charge in [-0.25, -0.2) is 0 Å². The van der Waals surface area contributed by atoms with Crippen molar-refractivity contribution in [2.24, 2.45) is 0 Å². The molecular weight excluding hydrogens is 506 g/mol. The van der Waals surface area contributed by atoms with Crippen LogP contribution in [0.25, 0.3) is 0 Å². The second kappa shape index (κ2) is 11.2. The van der Waals surface area contributed by atoms with Crippen LogP contribution in [0.1, 0.15) is 45.5 Å². The van der Waals surface area contributed by atoms with Crippen LogP contribution in [-0.2, 0) is 24.2 Å². The van der Waals surface area contributed by atoms with E-state index in [1.54, 1.807) is 6.07 Å². The van der Waals surface area contributed by atoms with Gasteiger partial charge in [-0.05, 0) is 61.7 Å². The van der Waals surface area contributed by atoms with E-state index in [0.717, 1.165) is 23.8 Å². The van der Waals surface area contributed by atoms with E-state index in [2.05, 4.69) is 10.2 Å². The van der Waals surface area contributed by atoms with E-state index in [-0.39, 0.29) is 18.5 Å². The number of nitrogens with zero attached hydrogens (tertiary/aromatic N) is 1. The molecule has 0 unspecified atom stereocenters. The van der Waals surface area contributed by atoms with Gasteiger partial charge in [-0.15, -0.1) is 0 Å². The van der Waals surface area contributed by atoms with Crippen molar-refractivity contribution in [1.29, 1.82) is 0 Å². The van der Waals surface area contributed by atoms with Gasteiger partial charge < -0.3 is 10.2 Å². The lowest BCUT2D eigenvalue weighted by Crippen LogP contribution is -2.49. The standard InChI is InChI=1S/C29H28F6N2O/c30-28(31,32)24-12-6-4-8-21(24)14-17-37-18-15-27(16-19-37,22-9-2-1-3-10-22)20-36-26(38)23-11-5-7-13-25(23)29(33,34)35/h1-13H,14-20H2,(H,36,38). The predicted octanol–water partition coefficient (Wildman–Crippen LogP) is 6.73. The van der Waals surface area contributed by atoms with Crippen molar-refractivity contribution in [2.75, 3.05) is 26.2 Å². The molecule has 4 rings (SSSR count). The minimum absolute atomic E-state index is 0.146. The summed E-state index contributed by atoms with van der Waals surface area (Å²) in [6.45, 7) is 1.76. The first-order chi connectivity index (χ1) is 18.0. The van der Waals surface area contributed by atoms with E-state index in [0.29, 0.717) is 32.5 Å². The summed E-state index contributed by atoms with van der Waals surface area (Å²) >= 11 is 0. The smallest absolute Gasteiger partial charge is 0.351 e. The van der Waals surface area contributed by atoms with Crippen LogP contribution in [0.5, 0.6) is 0 Å². The molecule has 1 amide bonds. The summed E-state index contributed by atoms with van der Waals surface area (Å²) in [5, 5.41) is 2.73. The zero-order valence-corrected chi connectivity index (χ0v) is 20.6. The number of likely N-dealkylation sites (tertiary alicyclic amines) is 1. The Morgan fingerprint density at radius 2 is 1.32 bits per heavy atom. The monoisotopic (exact) mass is 534 g/mol. The molecule has 1 aliphatic heterocycles. The van der Waals surface area contributed by atoms with E-state index in [9.17, 15) is 31.1 Å². The van der Waals surface area contributed by atoms with Gasteiger partial charge >= 0.3 is 12.4 Å². The Bertz CT molecular complexity index is 1230. The summed E-state index contributed by atoms with van der Waals surface area (Å²) in [7, 11) is 0. The van der Waals surface area contributed by atoms with Gasteiger partial charge in [0.1, 0.15) is 0 Å². The normalized spacial score (nSPS) is 16.3. The quantitative estimate of drug-likeness (QED) is 0.341. The number of carbonyl (C=O) groups excluding carboxylic acids is 1. The van der Waals surface area contributed by atoms with Gasteiger partial charge in [0.25, 0.3) is 5.91 Å². The maximum Gasteiger partial charge on any atom is 0.417 e. The Labute approximate surface area is 217 Å². The molecule has 1 fully saturated rings. The number of hydrogen-bond donors (Lipinski definition) is 1. The van der Waals surface area contributed by atoms with E-state index in [4.69, 9.17) is 0 Å². The van der Waals surface area contributed by atoms with Crippen molar-refractivity contribution in [2.45, 2.75) is 37.0 Å². The Morgan fingerprint density at radius 3 is 1.95 bits per heavy atom. The number of amides is 1. The largest absolute Gasteiger partial charge is 0.417 e. The molecule has 1 saturated heterocycles. The van der Waals surface area contributed by atoms with E-state index < -0.39 is 40.4 Å². The average Bonchev–Trinajstić information content (AvgIpc) is 2.91. The van der Waals surface area contributed by atoms with Crippen LogP contribution in [0.15, 0.2) is 78.9 Å². The van der Waals surface area contributed by atoms with Crippen molar-refractivity contribution in [1.82, 2.24) is 10.2 Å². The van der Waals surface area contributed by atoms with Crippen LogP contribution in [0.4, 0.5) is 26.3 Å². The summed E-state index contributed by atoms with van der Waals surface area (Å²) in [6, 6.07) is 19.7. The highest BCUT2D eigenvalue weighted by atomic mass is 19.4. The summed E-state index contributed by atoms with van der Waals surface area (Å²) in [4.78, 5) is 14.9. The van der Waals surface area contributed by atoms with Gasteiger partial charge in [-0.1, -0.05) is 60.7 Å². The Hall–Kier alpha value is -3.33. The van der Waals surface area contributed by atoms with Crippen LogP contribution in [0, 0.1) is 0 Å². The number of rotatable bonds is 7. The van der Waals surface area contributed by atoms with E-state index in [1.807, 2.05) is 30.3 Å². The molecular formula is C29H28F6N2O. The molecule has 3 aromatic rings. The highest BCUT2D eigenvalue weighted by molar-refractivity contribution is 5.96. The van der Waals surface area contributed by atoms with Gasteiger partial charge in [0.15, 0.2) is 0 Å². The molecule has 0 atom stereocenters. The van der Waals surface area contributed by atoms with Crippen molar-refractivity contribution in [3.63, 3.8) is 0 Å². The summed E-state index contributed by atoms with van der Waals surface area (Å²) in [5.41, 5.74) is -1.34. The Balaban J connectivity index is 1.46. The third-order valence-corrected chi connectivity index (χ3v) is 7.28. The van der Waals surface area contributed by atoms with Crippen LogP contribution < -0.4 is 5.32 Å². The molecule has 1 aliphatic rings. The minimum Gasteiger partial charge on any atom is -0.351 e. The van der Waals surface area contributed by atoms with Gasteiger partial charge in [0.2, 0.25) is 0 Å². The first-order valence-corrected chi connectivity index (χ1v) is 12.4. The molecule has 202 valence electrons. The Kier molecular flexibility index (Phi) is 8.16. The molecule has 0 aliphatic carbocycles. The zero-order chi connectivity index (χ0) is 27.4. The van der Waals surface area contributed by atoms with Crippen LogP contribution >= 0.6 is 0 Å². The lowest BCUT2D eigenvalue weighted by molar-refractivity contribution is -0.138. The van der Waals surface area contributed by atoms with Crippen molar-refractivity contribution < 1.29 is 31.1 Å². The number of carbonyl (C=O) groups is 1. The number of hydrogen-bond acceptors (Lipinski definition) is 2. The predicted molar refractivity (Wildman–Crippen MR) is 133 cm³/mol. The summed E-state index contributed by atoms with van der Waals surface area (Å²) < 4.78 is 80.3. The summed E-state index contributed by atoms with van der Waals surface area (Å²) in [6.07, 6.45) is -7.62. The summed E-state index contributed by atoms with van der Waals surface area (Å²) in [5.74, 6) is -0.792. The number of alkyl halides is 6. The number of nitrogens with one attached hydrogen (secondary N) is 1.